The van der Waals surface area contributed by atoms with Crippen LogP contribution in [-0.4, -0.2) is 24.4 Å². The molecule has 1 unspecified atom stereocenters. The smallest absolute Gasteiger partial charge is 0.307 e. The van der Waals surface area contributed by atoms with Gasteiger partial charge in [0.2, 0.25) is 0 Å². The predicted molar refractivity (Wildman–Crippen MR) is 87.6 cm³/mol. The molecule has 1 aromatic carbocycles. The van der Waals surface area contributed by atoms with Crippen molar-refractivity contribution in [2.24, 2.45) is 5.73 Å². The van der Waals surface area contributed by atoms with E-state index in [0.717, 1.165) is 44.2 Å². The lowest BCUT2D eigenvalue weighted by Gasteiger charge is -2.11. The van der Waals surface area contributed by atoms with Gasteiger partial charge in [0.25, 0.3) is 0 Å². The van der Waals surface area contributed by atoms with Crippen molar-refractivity contribution in [3.63, 3.8) is 0 Å². The van der Waals surface area contributed by atoms with Gasteiger partial charge in [0.15, 0.2) is 5.78 Å². The molecule has 1 rings (SSSR count). The standard InChI is InChI=1S/C18H25F2NO3/c1-2-3-4-5-6-10-24-17(23)12-13(21)11-16(22)18-14(19)8-7-9-15(18)20/h7-9,13H,2-6,10-12,21H2,1H3. The summed E-state index contributed by atoms with van der Waals surface area (Å²) in [5.41, 5.74) is 5.10. The van der Waals surface area contributed by atoms with Crippen molar-refractivity contribution in [1.82, 2.24) is 0 Å². The Balaban J connectivity index is 2.33. The van der Waals surface area contributed by atoms with E-state index < -0.39 is 35.0 Å². The van der Waals surface area contributed by atoms with Crippen molar-refractivity contribution < 1.29 is 23.1 Å². The number of nitrogens with two attached hydrogens (primary N) is 1. The Morgan fingerprint density at radius 3 is 2.33 bits per heavy atom. The molecule has 0 amide bonds. The third-order valence-corrected chi connectivity index (χ3v) is 3.63. The van der Waals surface area contributed by atoms with Crippen LogP contribution >= 0.6 is 0 Å². The molecule has 0 aliphatic heterocycles. The van der Waals surface area contributed by atoms with E-state index in [1.165, 1.54) is 6.07 Å². The van der Waals surface area contributed by atoms with Gasteiger partial charge in [0.1, 0.15) is 11.6 Å². The van der Waals surface area contributed by atoms with Gasteiger partial charge >= 0.3 is 5.97 Å². The summed E-state index contributed by atoms with van der Waals surface area (Å²) in [5.74, 6) is -3.12. The molecule has 134 valence electrons. The summed E-state index contributed by atoms with van der Waals surface area (Å²) in [6, 6.07) is 2.37. The third kappa shape index (κ3) is 7.17. The van der Waals surface area contributed by atoms with E-state index in [1.807, 2.05) is 0 Å². The quantitative estimate of drug-likeness (QED) is 0.378. The minimum absolute atomic E-state index is 0.156. The Bertz CT molecular complexity index is 529. The monoisotopic (exact) mass is 341 g/mol. The van der Waals surface area contributed by atoms with E-state index in [2.05, 4.69) is 6.92 Å². The van der Waals surface area contributed by atoms with Crippen molar-refractivity contribution >= 4 is 11.8 Å². The Labute approximate surface area is 141 Å². The number of carbonyl (C=O) groups is 2. The van der Waals surface area contributed by atoms with Gasteiger partial charge in [-0.05, 0) is 18.6 Å². The van der Waals surface area contributed by atoms with Gasteiger partial charge in [-0.2, -0.15) is 0 Å². The van der Waals surface area contributed by atoms with Gasteiger partial charge in [-0.15, -0.1) is 0 Å². The van der Waals surface area contributed by atoms with E-state index in [-0.39, 0.29) is 12.8 Å². The highest BCUT2D eigenvalue weighted by atomic mass is 19.1. The first-order valence-electron chi connectivity index (χ1n) is 8.34. The topological polar surface area (TPSA) is 69.4 Å². The maximum atomic E-state index is 13.5. The van der Waals surface area contributed by atoms with Gasteiger partial charge in [0, 0.05) is 12.5 Å². The van der Waals surface area contributed by atoms with Gasteiger partial charge in [-0.25, -0.2) is 8.78 Å². The summed E-state index contributed by atoms with van der Waals surface area (Å²) in [4.78, 5) is 23.6. The molecular formula is C18H25F2NO3. The molecule has 24 heavy (non-hydrogen) atoms. The fraction of sp³-hybridized carbons (Fsp3) is 0.556. The fourth-order valence-electron chi connectivity index (χ4n) is 2.34. The second-order valence-electron chi connectivity index (χ2n) is 5.82. The molecule has 0 saturated carbocycles. The minimum Gasteiger partial charge on any atom is -0.466 e. The number of rotatable bonds is 11. The normalized spacial score (nSPS) is 12.0. The average Bonchev–Trinajstić information content (AvgIpc) is 2.50. The molecule has 0 saturated heterocycles. The number of Topliss-reactive ketones (excluding diaryl/α,β-unsaturated/α-hetero) is 1. The zero-order chi connectivity index (χ0) is 17.9. The highest BCUT2D eigenvalue weighted by Gasteiger charge is 2.21. The molecule has 6 heteroatoms. The number of hydrogen-bond donors (Lipinski definition) is 1. The van der Waals surface area contributed by atoms with Crippen molar-refractivity contribution in [3.05, 3.63) is 35.4 Å². The lowest BCUT2D eigenvalue weighted by Crippen LogP contribution is -2.28. The maximum absolute atomic E-state index is 13.5. The number of benzene rings is 1. The van der Waals surface area contributed by atoms with E-state index in [4.69, 9.17) is 10.5 Å². The summed E-state index contributed by atoms with van der Waals surface area (Å²) in [7, 11) is 0. The first-order chi connectivity index (χ1) is 11.5. The molecule has 0 heterocycles. The summed E-state index contributed by atoms with van der Waals surface area (Å²) >= 11 is 0. The Hall–Kier alpha value is -1.82. The number of esters is 1. The van der Waals surface area contributed by atoms with Crippen LogP contribution in [0.5, 0.6) is 0 Å². The number of unbranched alkanes of at least 4 members (excludes halogenated alkanes) is 4. The van der Waals surface area contributed by atoms with Crippen molar-refractivity contribution in [2.75, 3.05) is 6.61 Å². The number of carbonyl (C=O) groups excluding carboxylic acids is 2. The third-order valence-electron chi connectivity index (χ3n) is 3.63. The van der Waals surface area contributed by atoms with Crippen LogP contribution < -0.4 is 5.73 Å². The molecule has 0 aliphatic rings. The minimum atomic E-state index is -0.929. The van der Waals surface area contributed by atoms with Crippen LogP contribution in [0.3, 0.4) is 0 Å². The Kier molecular flexibility index (Phi) is 9.15. The largest absolute Gasteiger partial charge is 0.466 e. The molecule has 1 atom stereocenters. The Morgan fingerprint density at radius 1 is 1.08 bits per heavy atom. The average molecular weight is 341 g/mol. The van der Waals surface area contributed by atoms with Crippen LogP contribution in [0.1, 0.15) is 62.2 Å². The zero-order valence-corrected chi connectivity index (χ0v) is 14.0. The number of ether oxygens (including phenoxy) is 1. The summed E-state index contributed by atoms with van der Waals surface area (Å²) in [6.07, 6.45) is 4.73. The van der Waals surface area contributed by atoms with Gasteiger partial charge in [-0.3, -0.25) is 9.59 Å². The summed E-state index contributed by atoms with van der Waals surface area (Å²) in [5, 5.41) is 0. The second-order valence-corrected chi connectivity index (χ2v) is 5.82. The lowest BCUT2D eigenvalue weighted by molar-refractivity contribution is -0.144. The van der Waals surface area contributed by atoms with E-state index in [0.29, 0.717) is 6.61 Å². The first-order valence-corrected chi connectivity index (χ1v) is 8.34. The van der Waals surface area contributed by atoms with E-state index >= 15 is 0 Å². The Morgan fingerprint density at radius 2 is 1.71 bits per heavy atom. The fourth-order valence-corrected chi connectivity index (χ4v) is 2.34. The maximum Gasteiger partial charge on any atom is 0.307 e. The number of hydrogen-bond acceptors (Lipinski definition) is 4. The van der Waals surface area contributed by atoms with Gasteiger partial charge in [0.05, 0.1) is 18.6 Å². The summed E-state index contributed by atoms with van der Waals surface area (Å²) in [6.45, 7) is 2.45. The summed E-state index contributed by atoms with van der Waals surface area (Å²) < 4.78 is 32.1. The van der Waals surface area contributed by atoms with E-state index in [9.17, 15) is 18.4 Å². The molecule has 1 aromatic rings. The van der Waals surface area contributed by atoms with Crippen LogP contribution in [0.4, 0.5) is 8.78 Å². The molecular weight excluding hydrogens is 316 g/mol. The number of halogens is 2. The van der Waals surface area contributed by atoms with Gasteiger partial charge < -0.3 is 10.5 Å². The highest BCUT2D eigenvalue weighted by Crippen LogP contribution is 2.15. The van der Waals surface area contributed by atoms with Crippen molar-refractivity contribution in [1.29, 1.82) is 0 Å². The first kappa shape index (κ1) is 20.2. The molecule has 0 radical (unpaired) electrons. The molecule has 0 aromatic heterocycles. The van der Waals surface area contributed by atoms with E-state index in [1.54, 1.807) is 0 Å². The molecule has 0 bridgehead atoms. The predicted octanol–water partition coefficient (Wildman–Crippen LogP) is 3.77. The van der Waals surface area contributed by atoms with Crippen LogP contribution in [-0.2, 0) is 9.53 Å². The van der Waals surface area contributed by atoms with Gasteiger partial charge in [-0.1, -0.05) is 38.7 Å². The highest BCUT2D eigenvalue weighted by molar-refractivity contribution is 5.97. The molecule has 4 nitrogen and oxygen atoms in total. The zero-order valence-electron chi connectivity index (χ0n) is 14.0. The SMILES string of the molecule is CCCCCCCOC(=O)CC(N)CC(=O)c1c(F)cccc1F. The second kappa shape index (κ2) is 10.9. The molecule has 0 aliphatic carbocycles. The molecule has 0 fully saturated rings. The van der Waals surface area contributed by atoms with Crippen LogP contribution in [0.25, 0.3) is 0 Å². The van der Waals surface area contributed by atoms with Crippen LogP contribution in [0.15, 0.2) is 18.2 Å². The molecule has 2 N–H and O–H groups in total. The van der Waals surface area contributed by atoms with Crippen molar-refractivity contribution in [2.45, 2.75) is 57.9 Å². The lowest BCUT2D eigenvalue weighted by atomic mass is 10.0. The van der Waals surface area contributed by atoms with Crippen molar-refractivity contribution in [3.8, 4) is 0 Å². The van der Waals surface area contributed by atoms with Crippen LogP contribution in [0, 0.1) is 11.6 Å². The van der Waals surface area contributed by atoms with Crippen LogP contribution in [0.2, 0.25) is 0 Å². The molecule has 0 spiro atoms. The number of ketones is 1.